The van der Waals surface area contributed by atoms with E-state index in [4.69, 9.17) is 0 Å². The maximum absolute atomic E-state index is 12.0. The lowest BCUT2D eigenvalue weighted by molar-refractivity contribution is -0.113. The molecule has 1 amide bonds. The Morgan fingerprint density at radius 3 is 2.38 bits per heavy atom. The van der Waals surface area contributed by atoms with Gasteiger partial charge in [-0.1, -0.05) is 37.2 Å². The van der Waals surface area contributed by atoms with Crippen molar-refractivity contribution in [2.75, 3.05) is 25.2 Å². The molecule has 0 unspecified atom stereocenters. The maximum atomic E-state index is 12.0. The van der Waals surface area contributed by atoms with Crippen LogP contribution >= 0.6 is 11.8 Å². The summed E-state index contributed by atoms with van der Waals surface area (Å²) in [7, 11) is -0.552. The molecule has 0 fully saturated rings. The van der Waals surface area contributed by atoms with Crippen LogP contribution in [0.2, 0.25) is 0 Å². The predicted molar refractivity (Wildman–Crippen MR) is 105 cm³/mol. The number of nitrogens with one attached hydrogen (secondary N) is 1. The summed E-state index contributed by atoms with van der Waals surface area (Å²) in [4.78, 5) is 16.3. The van der Waals surface area contributed by atoms with Gasteiger partial charge in [-0.05, 0) is 36.2 Å². The number of anilines is 1. The number of hydrogen-bond acceptors (Lipinski definition) is 5. The van der Waals surface area contributed by atoms with Crippen LogP contribution in [0.1, 0.15) is 18.9 Å². The number of sulfonamides is 1. The summed E-state index contributed by atoms with van der Waals surface area (Å²) in [6.45, 7) is 2.13. The molecule has 0 radical (unpaired) electrons. The topological polar surface area (TPSA) is 79.4 Å². The Kier molecular flexibility index (Phi) is 7.19. The van der Waals surface area contributed by atoms with Gasteiger partial charge in [0.05, 0.1) is 10.8 Å². The molecule has 0 bridgehead atoms. The van der Waals surface area contributed by atoms with Crippen LogP contribution in [0.15, 0.2) is 52.5 Å². The molecule has 140 valence electrons. The number of rotatable bonds is 8. The van der Waals surface area contributed by atoms with Gasteiger partial charge in [0, 0.05) is 26.0 Å². The molecule has 1 heterocycles. The van der Waals surface area contributed by atoms with Gasteiger partial charge in [-0.2, -0.15) is 0 Å². The number of amides is 1. The van der Waals surface area contributed by atoms with Crippen molar-refractivity contribution in [3.63, 3.8) is 0 Å². The number of nitrogens with zero attached hydrogens (tertiary/aromatic N) is 2. The van der Waals surface area contributed by atoms with E-state index in [1.54, 1.807) is 6.07 Å². The van der Waals surface area contributed by atoms with Crippen LogP contribution in [-0.2, 0) is 21.2 Å². The molecule has 8 heteroatoms. The van der Waals surface area contributed by atoms with Crippen LogP contribution in [-0.4, -0.2) is 43.5 Å². The van der Waals surface area contributed by atoms with Crippen LogP contribution in [0.4, 0.5) is 5.69 Å². The molecule has 0 saturated heterocycles. The molecule has 1 aromatic carbocycles. The Labute approximate surface area is 159 Å². The summed E-state index contributed by atoms with van der Waals surface area (Å²) in [6.07, 6.45) is 3.42. The minimum atomic E-state index is -3.49. The Morgan fingerprint density at radius 2 is 1.85 bits per heavy atom. The molecule has 6 nitrogen and oxygen atoms in total. The van der Waals surface area contributed by atoms with Gasteiger partial charge in [-0.25, -0.2) is 17.7 Å². The van der Waals surface area contributed by atoms with Crippen LogP contribution in [0.25, 0.3) is 0 Å². The molecule has 2 rings (SSSR count). The lowest BCUT2D eigenvalue weighted by Gasteiger charge is -2.11. The number of carbonyl (C=O) groups excluding carboxylic acids is 1. The van der Waals surface area contributed by atoms with Gasteiger partial charge >= 0.3 is 0 Å². The molecule has 0 atom stereocenters. The molecule has 0 aliphatic heterocycles. The standard InChI is InChI=1S/C18H23N3O3S2/c1-4-5-14-6-8-15(9-7-14)20-17(22)13-25-18-11-10-16(12-19-18)26(23,24)21(2)3/h6-12H,4-5,13H2,1-3H3,(H,20,22). The Balaban J connectivity index is 1.89. The van der Waals surface area contributed by atoms with Crippen molar-refractivity contribution < 1.29 is 13.2 Å². The number of thioether (sulfide) groups is 1. The van der Waals surface area contributed by atoms with Crippen LogP contribution < -0.4 is 5.32 Å². The predicted octanol–water partition coefficient (Wildman–Crippen LogP) is 3.02. The van der Waals surface area contributed by atoms with Crippen molar-refractivity contribution in [1.82, 2.24) is 9.29 Å². The molecule has 0 aliphatic rings. The van der Waals surface area contributed by atoms with Crippen LogP contribution in [0.3, 0.4) is 0 Å². The first-order valence-corrected chi connectivity index (χ1v) is 10.7. The van der Waals surface area contributed by atoms with E-state index >= 15 is 0 Å². The minimum absolute atomic E-state index is 0.128. The van der Waals surface area contributed by atoms with E-state index in [1.165, 1.54) is 43.7 Å². The minimum Gasteiger partial charge on any atom is -0.325 e. The van der Waals surface area contributed by atoms with Gasteiger partial charge in [-0.15, -0.1) is 0 Å². The summed E-state index contributed by atoms with van der Waals surface area (Å²) < 4.78 is 25.1. The average molecular weight is 394 g/mol. The number of aromatic nitrogens is 1. The van der Waals surface area contributed by atoms with E-state index in [9.17, 15) is 13.2 Å². The first-order chi connectivity index (χ1) is 12.3. The lowest BCUT2D eigenvalue weighted by atomic mass is 10.1. The summed E-state index contributed by atoms with van der Waals surface area (Å²) >= 11 is 1.26. The largest absolute Gasteiger partial charge is 0.325 e. The molecular formula is C18H23N3O3S2. The Morgan fingerprint density at radius 1 is 1.15 bits per heavy atom. The van der Waals surface area contributed by atoms with Gasteiger partial charge < -0.3 is 5.32 Å². The number of pyridine rings is 1. The molecule has 1 N–H and O–H groups in total. The SMILES string of the molecule is CCCc1ccc(NC(=O)CSc2ccc(S(=O)(=O)N(C)C)cn2)cc1. The third-order valence-electron chi connectivity index (χ3n) is 3.62. The van der Waals surface area contributed by atoms with Crippen molar-refractivity contribution in [1.29, 1.82) is 0 Å². The third kappa shape index (κ3) is 5.55. The summed E-state index contributed by atoms with van der Waals surface area (Å²) in [5, 5.41) is 3.44. The second kappa shape index (κ2) is 9.16. The summed E-state index contributed by atoms with van der Waals surface area (Å²) in [5.74, 6) is 0.0637. The Hall–Kier alpha value is -1.90. The zero-order chi connectivity index (χ0) is 19.2. The van der Waals surface area contributed by atoms with Gasteiger partial charge in [0.2, 0.25) is 15.9 Å². The highest BCUT2D eigenvalue weighted by atomic mass is 32.2. The fourth-order valence-electron chi connectivity index (χ4n) is 2.20. The van der Waals surface area contributed by atoms with Gasteiger partial charge in [-0.3, -0.25) is 4.79 Å². The third-order valence-corrected chi connectivity index (χ3v) is 6.36. The van der Waals surface area contributed by atoms with E-state index < -0.39 is 10.0 Å². The van der Waals surface area contributed by atoms with Crippen molar-refractivity contribution in [2.45, 2.75) is 29.7 Å². The first kappa shape index (κ1) is 20.4. The zero-order valence-corrected chi connectivity index (χ0v) is 16.7. The van der Waals surface area contributed by atoms with Crippen molar-refractivity contribution in [3.8, 4) is 0 Å². The second-order valence-corrected chi connectivity index (χ2v) is 9.05. The Bertz CT molecular complexity index is 833. The van der Waals surface area contributed by atoms with E-state index in [2.05, 4.69) is 17.2 Å². The van der Waals surface area contributed by atoms with Crippen molar-refractivity contribution >= 4 is 33.4 Å². The highest BCUT2D eigenvalue weighted by Gasteiger charge is 2.17. The van der Waals surface area contributed by atoms with E-state index in [1.807, 2.05) is 24.3 Å². The molecule has 26 heavy (non-hydrogen) atoms. The van der Waals surface area contributed by atoms with Crippen molar-refractivity contribution in [3.05, 3.63) is 48.2 Å². The monoisotopic (exact) mass is 393 g/mol. The molecule has 0 saturated carbocycles. The number of benzene rings is 1. The molecular weight excluding hydrogens is 370 g/mol. The average Bonchev–Trinajstić information content (AvgIpc) is 2.62. The quantitative estimate of drug-likeness (QED) is 0.698. The number of aryl methyl sites for hydroxylation is 1. The number of carbonyl (C=O) groups is 1. The zero-order valence-electron chi connectivity index (χ0n) is 15.1. The maximum Gasteiger partial charge on any atom is 0.244 e. The second-order valence-electron chi connectivity index (χ2n) is 5.90. The highest BCUT2D eigenvalue weighted by Crippen LogP contribution is 2.19. The normalized spacial score (nSPS) is 11.5. The fourth-order valence-corrected chi connectivity index (χ4v) is 3.69. The molecule has 2 aromatic rings. The van der Waals surface area contributed by atoms with Gasteiger partial charge in [0.1, 0.15) is 4.90 Å². The van der Waals surface area contributed by atoms with E-state index in [-0.39, 0.29) is 16.6 Å². The molecule has 0 spiro atoms. The van der Waals surface area contributed by atoms with E-state index in [0.717, 1.165) is 22.8 Å². The molecule has 1 aromatic heterocycles. The van der Waals surface area contributed by atoms with Crippen LogP contribution in [0, 0.1) is 0 Å². The summed E-state index contributed by atoms with van der Waals surface area (Å²) in [6, 6.07) is 10.9. The number of hydrogen-bond donors (Lipinski definition) is 1. The van der Waals surface area contributed by atoms with Gasteiger partial charge in [0.15, 0.2) is 0 Å². The lowest BCUT2D eigenvalue weighted by Crippen LogP contribution is -2.22. The highest BCUT2D eigenvalue weighted by molar-refractivity contribution is 7.99. The van der Waals surface area contributed by atoms with Gasteiger partial charge in [0.25, 0.3) is 0 Å². The molecule has 0 aliphatic carbocycles. The van der Waals surface area contributed by atoms with E-state index in [0.29, 0.717) is 5.03 Å². The van der Waals surface area contributed by atoms with Crippen molar-refractivity contribution in [2.24, 2.45) is 0 Å². The summed E-state index contributed by atoms with van der Waals surface area (Å²) in [5.41, 5.74) is 2.01. The first-order valence-electron chi connectivity index (χ1n) is 8.23. The fraction of sp³-hybridized carbons (Fsp3) is 0.333. The smallest absolute Gasteiger partial charge is 0.244 e. The van der Waals surface area contributed by atoms with Crippen LogP contribution in [0.5, 0.6) is 0 Å².